The normalized spacial score (nSPS) is 8.50. The summed E-state index contributed by atoms with van der Waals surface area (Å²) in [5.41, 5.74) is 0. The molecule has 0 radical (unpaired) electrons. The summed E-state index contributed by atoms with van der Waals surface area (Å²) < 4.78 is 4.99. The molecule has 77 valence electrons. The fourth-order valence-corrected chi connectivity index (χ4v) is 1.62. The van der Waals surface area contributed by atoms with Gasteiger partial charge in [-0.05, 0) is 0 Å². The van der Waals surface area contributed by atoms with Gasteiger partial charge in [0.1, 0.15) is 0 Å². The molecule has 1 aromatic rings. The number of aliphatic carboxylic acids is 1. The number of benzene rings is 1. The van der Waals surface area contributed by atoms with Crippen LogP contribution in [0, 0.1) is 38.9 Å². The van der Waals surface area contributed by atoms with E-state index in [0.717, 1.165) is 45.9 Å². The average Bonchev–Trinajstić information content (AvgIpc) is 2.03. The second kappa shape index (κ2) is 7.67. The molecule has 0 aromatic heterocycles. The molecule has 0 saturated carbocycles. The number of hydrogen-bond donors (Lipinski definition) is 1. The Morgan fingerprint density at radius 1 is 1.50 bits per heavy atom. The molecule has 0 saturated heterocycles. The van der Waals surface area contributed by atoms with Crippen molar-refractivity contribution < 1.29 is 49.9 Å². The van der Waals surface area contributed by atoms with Gasteiger partial charge < -0.3 is 5.11 Å². The quantitative estimate of drug-likeness (QED) is 0.825. The molecule has 0 spiro atoms. The zero-order chi connectivity index (χ0) is 11.1. The van der Waals surface area contributed by atoms with Crippen LogP contribution in [0.25, 0.3) is 0 Å². The van der Waals surface area contributed by atoms with E-state index in [2.05, 4.69) is 0 Å². The van der Waals surface area contributed by atoms with E-state index in [0.29, 0.717) is 15.8 Å². The Balaban J connectivity index is 0.000000364. The molecule has 0 fully saturated rings. The van der Waals surface area contributed by atoms with Crippen molar-refractivity contribution in [3.05, 3.63) is 28.2 Å². The van der Waals surface area contributed by atoms with E-state index in [1.54, 1.807) is 18.2 Å². The number of carbonyl (C=O) groups is 1. The molecule has 0 heterocycles. The maximum atomic E-state index is 9.00. The molecule has 0 atom stereocenters. The van der Waals surface area contributed by atoms with Gasteiger partial charge in [-0.2, -0.15) is 0 Å². The third kappa shape index (κ3) is 6.80. The molecule has 3 nitrogen and oxygen atoms in total. The molecule has 14 heavy (non-hydrogen) atoms. The van der Waals surface area contributed by atoms with E-state index in [4.69, 9.17) is 34.2 Å². The number of carboxylic acid groups (broad SMARTS) is 1. The van der Waals surface area contributed by atoms with Crippen LogP contribution in [0.3, 0.4) is 0 Å². The zero-order valence-electron chi connectivity index (χ0n) is 7.16. The number of rotatable bonds is 1. The second-order valence-electron chi connectivity index (χ2n) is 2.18. The summed E-state index contributed by atoms with van der Waals surface area (Å²) in [6.07, 6.45) is 0. The fraction of sp³-hybridized carbons (Fsp3) is 0.125. The van der Waals surface area contributed by atoms with E-state index in [-0.39, 0.29) is 0 Å². The number of halogens is 2. The molecule has 0 unspecified atom stereocenters. The van der Waals surface area contributed by atoms with E-state index < -0.39 is 5.97 Å². The van der Waals surface area contributed by atoms with Gasteiger partial charge in [-0.3, -0.25) is 4.79 Å². The Hall–Kier alpha value is 0.408. The van der Waals surface area contributed by atoms with E-state index in [1.807, 2.05) is 0 Å². The number of hydrogen-bond acceptors (Lipinski definition) is 2. The molecule has 6 heteroatoms. The summed E-state index contributed by atoms with van der Waals surface area (Å²) in [6, 6.07) is 5.14. The Bertz CT molecular complexity index is 313. The van der Waals surface area contributed by atoms with E-state index in [1.165, 1.54) is 0 Å². The summed E-state index contributed by atoms with van der Waals surface area (Å²) >= 11 is 12.4. The minimum absolute atomic E-state index is 0.558. The molecule has 0 amide bonds. The Morgan fingerprint density at radius 2 is 2.00 bits per heavy atom. The first-order valence-electron chi connectivity index (χ1n) is 3.41. The van der Waals surface area contributed by atoms with Gasteiger partial charge >= 0.3 is 97.2 Å². The maximum absolute atomic E-state index is 9.00. The van der Waals surface area contributed by atoms with Gasteiger partial charge in [-0.25, -0.2) is 0 Å². The van der Waals surface area contributed by atoms with Gasteiger partial charge in [0.25, 0.3) is 5.97 Å². The van der Waals surface area contributed by atoms with Crippen molar-refractivity contribution in [2.75, 3.05) is 0 Å². The second-order valence-corrected chi connectivity index (χ2v) is 3.56. The van der Waals surface area contributed by atoms with Gasteiger partial charge in [-0.15, -0.1) is 0 Å². The molecular weight excluding hydrogens is 365 g/mol. The first-order valence-corrected chi connectivity index (χ1v) is 5.24. The van der Waals surface area contributed by atoms with Crippen molar-refractivity contribution >= 4 is 29.2 Å². The van der Waals surface area contributed by atoms with Crippen molar-refractivity contribution in [2.45, 2.75) is 6.92 Å². The first-order chi connectivity index (χ1) is 6.47. The Morgan fingerprint density at radius 3 is 2.36 bits per heavy atom. The van der Waals surface area contributed by atoms with Crippen LogP contribution >= 0.6 is 23.2 Å². The van der Waals surface area contributed by atoms with Crippen molar-refractivity contribution in [1.82, 2.24) is 0 Å². The standard InChI is InChI=1S/C6H4Cl2O.C2H4O2.Sm/c7-4-1-2-6(9)5(8)3-4;1-2(3)4;/h1-3,9H;1H3,(H,3,4);/q;;+1/p-1. The van der Waals surface area contributed by atoms with Crippen LogP contribution in [0.2, 0.25) is 10.0 Å². The topological polar surface area (TPSA) is 46.5 Å². The molecule has 1 N–H and O–H groups in total. The summed E-state index contributed by atoms with van der Waals surface area (Å²) in [5.74, 6) is -0.152. The summed E-state index contributed by atoms with van der Waals surface area (Å²) in [4.78, 5) is 9.00. The molecule has 0 aliphatic heterocycles. The van der Waals surface area contributed by atoms with Crippen LogP contribution in [0.1, 0.15) is 6.92 Å². The predicted molar refractivity (Wildman–Crippen MR) is 50.4 cm³/mol. The Kier molecular flexibility index (Phi) is 7.89. The van der Waals surface area contributed by atoms with Crippen molar-refractivity contribution in [3.63, 3.8) is 0 Å². The molecule has 1 aromatic carbocycles. The van der Waals surface area contributed by atoms with Gasteiger partial charge in [0.15, 0.2) is 0 Å². The van der Waals surface area contributed by atoms with Gasteiger partial charge in [-0.1, -0.05) is 0 Å². The monoisotopic (exact) mass is 373 g/mol. The van der Waals surface area contributed by atoms with Gasteiger partial charge in [0, 0.05) is 6.92 Å². The fourth-order valence-electron chi connectivity index (χ4n) is 0.543. The molecule has 1 rings (SSSR count). The van der Waals surface area contributed by atoms with Crippen molar-refractivity contribution in [3.8, 4) is 5.75 Å². The van der Waals surface area contributed by atoms with Crippen LogP contribution < -0.4 is 1.12 Å². The number of carboxylic acids is 1. The summed E-state index contributed by atoms with van der Waals surface area (Å²) in [7, 11) is 0. The molecule has 0 aliphatic rings. The average molecular weight is 372 g/mol. The minimum atomic E-state index is -0.833. The zero-order valence-corrected chi connectivity index (χ0v) is 11.3. The molecular formula is C8H7Cl2O3Sm. The predicted octanol–water partition coefficient (Wildman–Crippen LogP) is 2.93. The molecule has 0 aliphatic carbocycles. The third-order valence-corrected chi connectivity index (χ3v) is 2.09. The SMILES string of the molecule is CC(=O)O.Clc1ccc([O][Sm])c(Cl)c1. The van der Waals surface area contributed by atoms with Crippen LogP contribution in [-0.4, -0.2) is 11.1 Å². The van der Waals surface area contributed by atoms with Crippen LogP contribution in [0.5, 0.6) is 5.75 Å². The van der Waals surface area contributed by atoms with Gasteiger partial charge in [0.2, 0.25) is 0 Å². The first kappa shape index (κ1) is 14.4. The van der Waals surface area contributed by atoms with Crippen LogP contribution in [0.15, 0.2) is 18.2 Å². The van der Waals surface area contributed by atoms with Crippen molar-refractivity contribution in [1.29, 1.82) is 0 Å². The van der Waals surface area contributed by atoms with E-state index in [9.17, 15) is 0 Å². The summed E-state index contributed by atoms with van der Waals surface area (Å²) in [5, 5.41) is 8.60. The van der Waals surface area contributed by atoms with Crippen molar-refractivity contribution in [2.24, 2.45) is 0 Å². The Labute approximate surface area is 119 Å². The summed E-state index contributed by atoms with van der Waals surface area (Å²) in [6.45, 7) is 1.08. The van der Waals surface area contributed by atoms with Crippen LogP contribution in [-0.2, 0) is 4.79 Å². The third-order valence-electron chi connectivity index (χ3n) is 0.984. The van der Waals surface area contributed by atoms with E-state index >= 15 is 0 Å². The van der Waals surface area contributed by atoms with Crippen LogP contribution in [0.4, 0.5) is 0 Å². The van der Waals surface area contributed by atoms with Gasteiger partial charge in [0.05, 0.1) is 0 Å². The molecule has 0 bridgehead atoms.